The second-order valence-corrected chi connectivity index (χ2v) is 8.38. The van der Waals surface area contributed by atoms with Crippen LogP contribution in [-0.4, -0.2) is 59.4 Å². The number of aliphatic hydroxyl groups is 1. The van der Waals surface area contributed by atoms with Crippen LogP contribution in [0.5, 0.6) is 0 Å². The lowest BCUT2D eigenvalue weighted by molar-refractivity contribution is -0.890. The van der Waals surface area contributed by atoms with Gasteiger partial charge in [0.2, 0.25) is 5.60 Å². The van der Waals surface area contributed by atoms with Crippen LogP contribution in [-0.2, 0) is 19.9 Å². The molecule has 3 aromatic rings. The molecule has 8 nitrogen and oxygen atoms in total. The van der Waals surface area contributed by atoms with Crippen molar-refractivity contribution in [3.63, 3.8) is 0 Å². The predicted molar refractivity (Wildman–Crippen MR) is 116 cm³/mol. The Labute approximate surface area is 202 Å². The quantitative estimate of drug-likeness (QED) is 0.319. The molecule has 2 atom stereocenters. The molecular formula is C24H26BrN3O5. The van der Waals surface area contributed by atoms with Crippen LogP contribution >= 0.6 is 0 Å². The third kappa shape index (κ3) is 5.50. The van der Waals surface area contributed by atoms with Crippen LogP contribution in [0.4, 0.5) is 5.82 Å². The molecule has 2 N–H and O–H groups in total. The number of amides is 1. The Hall–Kier alpha value is -3.01. The summed E-state index contributed by atoms with van der Waals surface area (Å²) in [5.74, 6) is -0.557. The maximum atomic E-state index is 13.3. The van der Waals surface area contributed by atoms with E-state index < -0.39 is 17.7 Å². The van der Waals surface area contributed by atoms with Crippen molar-refractivity contribution in [2.24, 2.45) is 0 Å². The number of likely N-dealkylation sites (tertiary alicyclic amines) is 1. The van der Waals surface area contributed by atoms with Crippen molar-refractivity contribution in [1.82, 2.24) is 5.16 Å². The van der Waals surface area contributed by atoms with Gasteiger partial charge < -0.3 is 41.1 Å². The summed E-state index contributed by atoms with van der Waals surface area (Å²) in [6.45, 7) is 1.35. The van der Waals surface area contributed by atoms with Crippen molar-refractivity contribution in [3.05, 3.63) is 84.1 Å². The van der Waals surface area contributed by atoms with Gasteiger partial charge in [-0.25, -0.2) is 4.79 Å². The van der Waals surface area contributed by atoms with E-state index in [4.69, 9.17) is 9.26 Å². The van der Waals surface area contributed by atoms with Gasteiger partial charge in [0.05, 0.1) is 13.6 Å². The van der Waals surface area contributed by atoms with Crippen LogP contribution in [0.3, 0.4) is 0 Å². The van der Waals surface area contributed by atoms with Crippen molar-refractivity contribution in [3.8, 4) is 0 Å². The minimum atomic E-state index is -1.92. The molecule has 33 heavy (non-hydrogen) atoms. The SMILES string of the molecule is C[N+]1(CC(=O)Nc2ccon2)CC[C@@H](OC(=O)C(O)(c2ccccc2)c2ccccc2)C1.[Br-]. The van der Waals surface area contributed by atoms with Crippen molar-refractivity contribution < 1.29 is 45.4 Å². The summed E-state index contributed by atoms with van der Waals surface area (Å²) in [5.41, 5.74) is -1.03. The van der Waals surface area contributed by atoms with Crippen molar-refractivity contribution in [2.45, 2.75) is 18.1 Å². The van der Waals surface area contributed by atoms with E-state index in [0.717, 1.165) is 0 Å². The number of esters is 1. The van der Waals surface area contributed by atoms with Gasteiger partial charge in [-0.2, -0.15) is 0 Å². The van der Waals surface area contributed by atoms with Gasteiger partial charge in [0.1, 0.15) is 12.8 Å². The highest BCUT2D eigenvalue weighted by Gasteiger charge is 2.45. The van der Waals surface area contributed by atoms with Gasteiger partial charge in [-0.05, 0) is 11.1 Å². The summed E-state index contributed by atoms with van der Waals surface area (Å²) < 4.78 is 10.9. The Morgan fingerprint density at radius 1 is 1.12 bits per heavy atom. The lowest BCUT2D eigenvalue weighted by Gasteiger charge is -2.30. The lowest BCUT2D eigenvalue weighted by atomic mass is 9.86. The molecule has 2 aromatic carbocycles. The highest BCUT2D eigenvalue weighted by Crippen LogP contribution is 2.32. The molecular weight excluding hydrogens is 490 g/mol. The average Bonchev–Trinajstić information content (AvgIpc) is 3.43. The third-order valence-electron chi connectivity index (χ3n) is 5.82. The number of carbonyl (C=O) groups excluding carboxylic acids is 2. The molecule has 0 saturated carbocycles. The molecule has 1 aliphatic rings. The molecule has 1 saturated heterocycles. The second kappa shape index (κ2) is 10.3. The predicted octanol–water partition coefficient (Wildman–Crippen LogP) is -0.685. The first-order valence-corrected chi connectivity index (χ1v) is 10.5. The molecule has 1 fully saturated rings. The van der Waals surface area contributed by atoms with Crippen molar-refractivity contribution in [1.29, 1.82) is 0 Å². The second-order valence-electron chi connectivity index (χ2n) is 8.38. The molecule has 174 valence electrons. The molecule has 4 rings (SSSR count). The van der Waals surface area contributed by atoms with Crippen molar-refractivity contribution in [2.75, 3.05) is 32.0 Å². The first kappa shape index (κ1) is 24.6. The first-order chi connectivity index (χ1) is 15.4. The lowest BCUT2D eigenvalue weighted by Crippen LogP contribution is -3.00. The Bertz CT molecular complexity index is 1020. The zero-order valence-electron chi connectivity index (χ0n) is 18.2. The van der Waals surface area contributed by atoms with E-state index in [9.17, 15) is 14.7 Å². The maximum absolute atomic E-state index is 13.3. The largest absolute Gasteiger partial charge is 1.00 e. The maximum Gasteiger partial charge on any atom is 0.348 e. The molecule has 2 heterocycles. The Morgan fingerprint density at radius 3 is 2.27 bits per heavy atom. The standard InChI is InChI=1S/C24H25N3O5.BrH/c1-27(17-22(28)25-21-13-15-31-26-21)14-12-20(16-27)32-23(29)24(30,18-8-4-2-5-9-18)19-10-6-3-7-11-19;/h2-11,13,15,20,30H,12,14,16-17H2,1H3;1H/t20-,27?;/m1./s1. The Kier molecular flexibility index (Phi) is 7.68. The first-order valence-electron chi connectivity index (χ1n) is 10.5. The van der Waals surface area contributed by atoms with E-state index in [1.807, 2.05) is 19.2 Å². The fourth-order valence-electron chi connectivity index (χ4n) is 4.17. The highest BCUT2D eigenvalue weighted by molar-refractivity contribution is 5.90. The summed E-state index contributed by atoms with van der Waals surface area (Å²) in [5, 5.41) is 17.9. The number of rotatable bonds is 7. The molecule has 1 amide bonds. The Balaban J connectivity index is 0.00000306. The smallest absolute Gasteiger partial charge is 0.348 e. The summed E-state index contributed by atoms with van der Waals surface area (Å²) >= 11 is 0. The number of anilines is 1. The van der Waals surface area contributed by atoms with E-state index in [2.05, 4.69) is 10.5 Å². The average molecular weight is 516 g/mol. The van der Waals surface area contributed by atoms with E-state index in [0.29, 0.717) is 40.9 Å². The zero-order valence-corrected chi connectivity index (χ0v) is 19.8. The summed E-state index contributed by atoms with van der Waals surface area (Å²) in [6.07, 6.45) is 1.57. The van der Waals surface area contributed by atoms with E-state index in [1.54, 1.807) is 54.6 Å². The molecule has 0 radical (unpaired) electrons. The fraction of sp³-hybridized carbons (Fsp3) is 0.292. The molecule has 0 aliphatic carbocycles. The number of halogens is 1. The minimum absolute atomic E-state index is 0. The molecule has 9 heteroatoms. The van der Waals surface area contributed by atoms with Gasteiger partial charge in [0.15, 0.2) is 18.5 Å². The van der Waals surface area contributed by atoms with Crippen LogP contribution in [0.2, 0.25) is 0 Å². The summed E-state index contributed by atoms with van der Waals surface area (Å²) in [6, 6.07) is 19.1. The van der Waals surface area contributed by atoms with Gasteiger partial charge in [-0.15, -0.1) is 0 Å². The molecule has 1 aliphatic heterocycles. The third-order valence-corrected chi connectivity index (χ3v) is 5.82. The van der Waals surface area contributed by atoms with Crippen molar-refractivity contribution >= 4 is 17.7 Å². The summed E-state index contributed by atoms with van der Waals surface area (Å²) in [4.78, 5) is 25.7. The van der Waals surface area contributed by atoms with E-state index in [-0.39, 0.29) is 29.4 Å². The number of carbonyl (C=O) groups is 2. The van der Waals surface area contributed by atoms with Gasteiger partial charge in [-0.3, -0.25) is 4.79 Å². The van der Waals surface area contributed by atoms with Crippen LogP contribution < -0.4 is 22.3 Å². The normalized spacial score (nSPS) is 20.0. The highest BCUT2D eigenvalue weighted by atomic mass is 79.9. The number of nitrogens with zero attached hydrogens (tertiary/aromatic N) is 2. The fourth-order valence-corrected chi connectivity index (χ4v) is 4.17. The molecule has 1 aromatic heterocycles. The van der Waals surface area contributed by atoms with Gasteiger partial charge in [0, 0.05) is 12.5 Å². The number of hydrogen-bond donors (Lipinski definition) is 2. The van der Waals surface area contributed by atoms with Gasteiger partial charge in [-0.1, -0.05) is 65.8 Å². The van der Waals surface area contributed by atoms with E-state index in [1.165, 1.54) is 6.26 Å². The monoisotopic (exact) mass is 515 g/mol. The number of quaternary nitrogens is 1. The zero-order chi connectivity index (χ0) is 22.6. The van der Waals surface area contributed by atoms with Crippen LogP contribution in [0.25, 0.3) is 0 Å². The number of aromatic nitrogens is 1. The number of ether oxygens (including phenoxy) is 1. The number of nitrogens with one attached hydrogen (secondary N) is 1. The topological polar surface area (TPSA) is 102 Å². The summed E-state index contributed by atoms with van der Waals surface area (Å²) in [7, 11) is 1.94. The van der Waals surface area contributed by atoms with E-state index >= 15 is 0 Å². The Morgan fingerprint density at radius 2 is 1.73 bits per heavy atom. The number of benzene rings is 2. The minimum Gasteiger partial charge on any atom is -1.00 e. The number of hydrogen-bond acceptors (Lipinski definition) is 6. The van der Waals surface area contributed by atoms with Gasteiger partial charge >= 0.3 is 5.97 Å². The van der Waals surface area contributed by atoms with Gasteiger partial charge in [0.25, 0.3) is 5.91 Å². The van der Waals surface area contributed by atoms with Crippen LogP contribution in [0.15, 0.2) is 77.5 Å². The van der Waals surface area contributed by atoms with Crippen LogP contribution in [0.1, 0.15) is 17.5 Å². The molecule has 0 bridgehead atoms. The molecule has 0 spiro atoms. The van der Waals surface area contributed by atoms with Crippen LogP contribution in [0, 0.1) is 0 Å². The molecule has 1 unspecified atom stereocenters. The number of likely N-dealkylation sites (N-methyl/N-ethyl adjacent to an activating group) is 1.